The van der Waals surface area contributed by atoms with Crippen LogP contribution in [0.5, 0.6) is 0 Å². The van der Waals surface area contributed by atoms with E-state index in [0.29, 0.717) is 25.7 Å². The lowest BCUT2D eigenvalue weighted by Crippen LogP contribution is -2.30. The summed E-state index contributed by atoms with van der Waals surface area (Å²) in [5.74, 6) is 0.246. The summed E-state index contributed by atoms with van der Waals surface area (Å²) in [5.41, 5.74) is 0. The number of aliphatic hydroxyl groups is 1. The van der Waals surface area contributed by atoms with Gasteiger partial charge in [0.25, 0.3) is 0 Å². The fourth-order valence-electron chi connectivity index (χ4n) is 13.5. The van der Waals surface area contributed by atoms with Gasteiger partial charge in [-0.25, -0.2) is 9.13 Å². The summed E-state index contributed by atoms with van der Waals surface area (Å²) in [6.45, 7) is 12.0. The maximum atomic E-state index is 13.2. The summed E-state index contributed by atoms with van der Waals surface area (Å²) in [6, 6.07) is 0. The lowest BCUT2D eigenvalue weighted by Gasteiger charge is -2.21. The average Bonchev–Trinajstić information content (AvgIpc) is 0.900. The zero-order chi connectivity index (χ0) is 77.9. The van der Waals surface area contributed by atoms with Crippen LogP contribution >= 0.6 is 15.6 Å². The van der Waals surface area contributed by atoms with Crippen LogP contribution < -0.4 is 0 Å². The highest BCUT2D eigenvalue weighted by Gasteiger charge is 2.30. The first-order chi connectivity index (χ1) is 51.2. The number of aliphatic hydroxyl groups excluding tert-OH is 1. The molecule has 2 unspecified atom stereocenters. The quantitative estimate of drug-likeness (QED) is 0.0222. The zero-order valence-corrected chi connectivity index (χ0v) is 71.7. The van der Waals surface area contributed by atoms with Crippen molar-refractivity contribution in [3.8, 4) is 0 Å². The lowest BCUT2D eigenvalue weighted by atomic mass is 10.0. The Morgan fingerprint density at radius 1 is 0.255 bits per heavy atom. The van der Waals surface area contributed by atoms with Crippen molar-refractivity contribution in [2.75, 3.05) is 39.6 Å². The molecule has 0 rings (SSSR count). The molecule has 106 heavy (non-hydrogen) atoms. The molecule has 0 fully saturated rings. The molecule has 19 heteroatoms. The summed E-state index contributed by atoms with van der Waals surface area (Å²) < 4.78 is 69.0. The fourth-order valence-corrected chi connectivity index (χ4v) is 15.1. The third-order valence-electron chi connectivity index (χ3n) is 20.4. The molecule has 3 N–H and O–H groups in total. The predicted molar refractivity (Wildman–Crippen MR) is 437 cm³/mol. The summed E-state index contributed by atoms with van der Waals surface area (Å²) in [4.78, 5) is 73.3. The van der Waals surface area contributed by atoms with Crippen LogP contribution in [0.15, 0.2) is 0 Å². The van der Waals surface area contributed by atoms with E-state index in [1.165, 1.54) is 270 Å². The molecule has 0 saturated carbocycles. The molecule has 0 heterocycles. The average molecular weight is 1550 g/mol. The van der Waals surface area contributed by atoms with Gasteiger partial charge in [0, 0.05) is 25.7 Å². The number of carbonyl (C=O) groups is 4. The van der Waals surface area contributed by atoms with Crippen LogP contribution in [0.2, 0.25) is 0 Å². The number of phosphoric ester groups is 2. The number of rotatable bonds is 85. The molecule has 0 saturated heterocycles. The van der Waals surface area contributed by atoms with Crippen LogP contribution in [0.4, 0.5) is 0 Å². The van der Waals surface area contributed by atoms with Gasteiger partial charge in [0.2, 0.25) is 0 Å². The molecule has 0 spiro atoms. The Balaban J connectivity index is 5.26. The van der Waals surface area contributed by atoms with Gasteiger partial charge < -0.3 is 33.8 Å². The van der Waals surface area contributed by atoms with E-state index in [4.69, 9.17) is 37.0 Å². The molecule has 0 aromatic carbocycles. The van der Waals surface area contributed by atoms with E-state index in [2.05, 4.69) is 48.5 Å². The fraction of sp³-hybridized carbons (Fsp3) is 0.954. The van der Waals surface area contributed by atoms with Gasteiger partial charge in [0.15, 0.2) is 12.2 Å². The molecule has 0 aliphatic rings. The Bertz CT molecular complexity index is 2040. The zero-order valence-electron chi connectivity index (χ0n) is 69.9. The molecule has 0 radical (unpaired) electrons. The highest BCUT2D eigenvalue weighted by atomic mass is 31.2. The van der Waals surface area contributed by atoms with Gasteiger partial charge in [-0.05, 0) is 43.4 Å². The molecule has 0 aromatic rings. The molecule has 0 bridgehead atoms. The summed E-state index contributed by atoms with van der Waals surface area (Å²) in [7, 11) is -9.93. The minimum absolute atomic E-state index is 0.107. The SMILES string of the molecule is CCCCCCCCCCCCCCCCCCCCC(=O)OC[C@H](COP(=O)(O)OC[C@@H](O)COP(=O)(O)OC[C@@H](COC(=O)CCCCCCCCCCCC(C)C)OC(=O)CCCCCCCCCCCCCCCCC(C)C)OC(=O)CCCCCCCCCCCCCCCCCCC(C)C. The maximum Gasteiger partial charge on any atom is 0.472 e. The van der Waals surface area contributed by atoms with Gasteiger partial charge in [0.1, 0.15) is 19.3 Å². The second-order valence-corrected chi connectivity index (χ2v) is 35.6. The Morgan fingerprint density at radius 3 is 0.642 bits per heavy atom. The largest absolute Gasteiger partial charge is 0.472 e. The van der Waals surface area contributed by atoms with E-state index in [1.807, 2.05) is 0 Å². The van der Waals surface area contributed by atoms with Crippen molar-refractivity contribution in [3.05, 3.63) is 0 Å². The second kappa shape index (κ2) is 77.0. The lowest BCUT2D eigenvalue weighted by molar-refractivity contribution is -0.161. The van der Waals surface area contributed by atoms with Crippen molar-refractivity contribution >= 4 is 39.5 Å². The Hall–Kier alpha value is -1.94. The molecule has 17 nitrogen and oxygen atoms in total. The monoisotopic (exact) mass is 1550 g/mol. The number of ether oxygens (including phenoxy) is 4. The van der Waals surface area contributed by atoms with Crippen molar-refractivity contribution in [2.24, 2.45) is 17.8 Å². The molecule has 0 aromatic heterocycles. The Kier molecular flexibility index (Phi) is 75.6. The van der Waals surface area contributed by atoms with Gasteiger partial charge >= 0.3 is 39.5 Å². The highest BCUT2D eigenvalue weighted by Crippen LogP contribution is 2.45. The van der Waals surface area contributed by atoms with E-state index in [1.54, 1.807) is 0 Å². The van der Waals surface area contributed by atoms with Gasteiger partial charge in [-0.3, -0.25) is 37.3 Å². The maximum absolute atomic E-state index is 13.2. The minimum atomic E-state index is -4.97. The number of hydrogen-bond acceptors (Lipinski definition) is 15. The Morgan fingerprint density at radius 2 is 0.434 bits per heavy atom. The third-order valence-corrected chi connectivity index (χ3v) is 22.3. The molecule has 0 amide bonds. The van der Waals surface area contributed by atoms with Crippen LogP contribution in [0.25, 0.3) is 0 Å². The minimum Gasteiger partial charge on any atom is -0.462 e. The predicted octanol–water partition coefficient (Wildman–Crippen LogP) is 26.5. The van der Waals surface area contributed by atoms with Gasteiger partial charge in [-0.1, -0.05) is 408 Å². The van der Waals surface area contributed by atoms with Gasteiger partial charge in [0.05, 0.1) is 26.4 Å². The summed E-state index contributed by atoms with van der Waals surface area (Å²) >= 11 is 0. The van der Waals surface area contributed by atoms with E-state index in [0.717, 1.165) is 108 Å². The van der Waals surface area contributed by atoms with Crippen LogP contribution in [0, 0.1) is 17.8 Å². The smallest absolute Gasteiger partial charge is 0.462 e. The van der Waals surface area contributed by atoms with E-state index >= 15 is 0 Å². The van der Waals surface area contributed by atoms with E-state index in [9.17, 15) is 43.2 Å². The van der Waals surface area contributed by atoms with Crippen molar-refractivity contribution < 1.29 is 80.2 Å². The van der Waals surface area contributed by atoms with Crippen molar-refractivity contribution in [2.45, 2.75) is 478 Å². The van der Waals surface area contributed by atoms with Crippen LogP contribution in [-0.2, 0) is 65.4 Å². The topological polar surface area (TPSA) is 237 Å². The standard InChI is InChI=1S/C87H170O17P2/c1-8-9-10-11-12-13-14-15-16-17-18-22-28-33-40-47-54-61-68-84(89)97-74-82(103-86(91)70-63-56-49-41-34-29-23-20-19-21-26-31-37-44-51-58-65-78(2)3)76-101-105(93,94)99-72-81(88)73-100-106(95,96)102-77-83(75-98-85(90)69-62-55-48-43-36-39-46-53-60-67-80(6)7)104-87(92)71-64-57-50-42-35-30-25-24-27-32-38-45-52-59-66-79(4)5/h78-83,88H,8-77H2,1-7H3,(H,93,94)(H,95,96)/t81-,82-,83-/m1/s1. The first kappa shape index (κ1) is 104. The third kappa shape index (κ3) is 80.1. The molecular formula is C87H170O17P2. The highest BCUT2D eigenvalue weighted by molar-refractivity contribution is 7.47. The van der Waals surface area contributed by atoms with E-state index in [-0.39, 0.29) is 25.7 Å². The van der Waals surface area contributed by atoms with Crippen LogP contribution in [0.3, 0.4) is 0 Å². The number of hydrogen-bond donors (Lipinski definition) is 3. The Labute approximate surface area is 651 Å². The second-order valence-electron chi connectivity index (χ2n) is 32.7. The normalized spacial score (nSPS) is 13.9. The summed E-state index contributed by atoms with van der Waals surface area (Å²) in [6.07, 6.45) is 68.0. The molecule has 0 aliphatic carbocycles. The first-order valence-corrected chi connectivity index (χ1v) is 47.8. The number of carbonyl (C=O) groups excluding carboxylic acids is 4. The van der Waals surface area contributed by atoms with Crippen molar-refractivity contribution in [1.29, 1.82) is 0 Å². The van der Waals surface area contributed by atoms with Gasteiger partial charge in [-0.2, -0.15) is 0 Å². The molecule has 0 aliphatic heterocycles. The van der Waals surface area contributed by atoms with Crippen LogP contribution in [0.1, 0.15) is 459 Å². The number of esters is 4. The van der Waals surface area contributed by atoms with E-state index < -0.39 is 97.5 Å². The number of unbranched alkanes of at least 4 members (excludes halogenated alkanes) is 53. The molecule has 630 valence electrons. The molecular weight excluding hydrogens is 1380 g/mol. The van der Waals surface area contributed by atoms with Crippen LogP contribution in [-0.4, -0.2) is 96.7 Å². The van der Waals surface area contributed by atoms with Gasteiger partial charge in [-0.15, -0.1) is 0 Å². The summed E-state index contributed by atoms with van der Waals surface area (Å²) in [5, 5.41) is 10.7. The number of phosphoric acid groups is 2. The van der Waals surface area contributed by atoms with Crippen molar-refractivity contribution in [3.63, 3.8) is 0 Å². The van der Waals surface area contributed by atoms with Crippen molar-refractivity contribution in [1.82, 2.24) is 0 Å². The molecule has 5 atom stereocenters. The first-order valence-electron chi connectivity index (χ1n) is 44.8.